The molecule has 0 aliphatic heterocycles. The lowest BCUT2D eigenvalue weighted by atomic mass is 10.2. The van der Waals surface area contributed by atoms with Crippen molar-refractivity contribution < 1.29 is 18.3 Å². The Balaban J connectivity index is 2.99. The van der Waals surface area contributed by atoms with Gasteiger partial charge in [-0.05, 0) is 29.5 Å². The van der Waals surface area contributed by atoms with Crippen molar-refractivity contribution in [3.8, 4) is 0 Å². The predicted octanol–water partition coefficient (Wildman–Crippen LogP) is 3.44. The minimum absolute atomic E-state index is 0.0625. The fourth-order valence-corrected chi connectivity index (χ4v) is 1.81. The number of rotatable bonds is 2. The van der Waals surface area contributed by atoms with Crippen LogP contribution in [-0.2, 0) is 6.61 Å². The van der Waals surface area contributed by atoms with Gasteiger partial charge in [0.2, 0.25) is 0 Å². The van der Waals surface area contributed by atoms with Crippen molar-refractivity contribution in [2.45, 2.75) is 17.0 Å². The van der Waals surface area contributed by atoms with Crippen molar-refractivity contribution in [3.05, 3.63) is 28.8 Å². The standard InChI is InChI=1S/C8H6ClF3OS/c9-6-2-1-5(4-13)7(3-6)14-8(10,11)12/h1-3,13H,4H2. The summed E-state index contributed by atoms with van der Waals surface area (Å²) in [5.41, 5.74) is -4.15. The van der Waals surface area contributed by atoms with Crippen molar-refractivity contribution in [2.24, 2.45) is 0 Å². The molecule has 0 amide bonds. The van der Waals surface area contributed by atoms with Gasteiger partial charge in [0.15, 0.2) is 0 Å². The molecule has 0 aliphatic rings. The van der Waals surface area contributed by atoms with Crippen LogP contribution in [0.25, 0.3) is 0 Å². The number of alkyl halides is 3. The molecule has 0 unspecified atom stereocenters. The minimum Gasteiger partial charge on any atom is -0.392 e. The van der Waals surface area contributed by atoms with E-state index in [0.717, 1.165) is 0 Å². The van der Waals surface area contributed by atoms with Gasteiger partial charge in [-0.3, -0.25) is 0 Å². The molecule has 14 heavy (non-hydrogen) atoms. The predicted molar refractivity (Wildman–Crippen MR) is 49.3 cm³/mol. The number of benzene rings is 1. The molecule has 0 aliphatic carbocycles. The molecule has 0 saturated heterocycles. The molecule has 0 spiro atoms. The number of hydrogen-bond donors (Lipinski definition) is 1. The first-order chi connectivity index (χ1) is 6.42. The van der Waals surface area contributed by atoms with E-state index in [-0.39, 0.29) is 27.2 Å². The third-order valence-corrected chi connectivity index (χ3v) is 2.49. The van der Waals surface area contributed by atoms with Crippen LogP contribution in [-0.4, -0.2) is 10.6 Å². The van der Waals surface area contributed by atoms with Crippen LogP contribution in [0.2, 0.25) is 5.02 Å². The highest BCUT2D eigenvalue weighted by Crippen LogP contribution is 2.39. The van der Waals surface area contributed by atoms with E-state index in [9.17, 15) is 13.2 Å². The van der Waals surface area contributed by atoms with Crippen molar-refractivity contribution >= 4 is 23.4 Å². The quantitative estimate of drug-likeness (QED) is 0.802. The second-order valence-electron chi connectivity index (χ2n) is 2.46. The van der Waals surface area contributed by atoms with Gasteiger partial charge in [-0.1, -0.05) is 17.7 Å². The lowest BCUT2D eigenvalue weighted by Gasteiger charge is -2.09. The number of thioether (sulfide) groups is 1. The summed E-state index contributed by atoms with van der Waals surface area (Å²) in [6.07, 6.45) is 0. The molecule has 1 aromatic rings. The highest BCUT2D eigenvalue weighted by atomic mass is 35.5. The summed E-state index contributed by atoms with van der Waals surface area (Å²) in [4.78, 5) is -0.0625. The van der Waals surface area contributed by atoms with Crippen molar-refractivity contribution in [2.75, 3.05) is 0 Å². The largest absolute Gasteiger partial charge is 0.446 e. The third-order valence-electron chi connectivity index (χ3n) is 1.43. The minimum atomic E-state index is -4.37. The Morgan fingerprint density at radius 3 is 2.50 bits per heavy atom. The average molecular weight is 243 g/mol. The highest BCUT2D eigenvalue weighted by molar-refractivity contribution is 8.00. The van der Waals surface area contributed by atoms with E-state index in [2.05, 4.69) is 0 Å². The number of aliphatic hydroxyl groups excluding tert-OH is 1. The van der Waals surface area contributed by atoms with E-state index in [4.69, 9.17) is 16.7 Å². The first-order valence-corrected chi connectivity index (χ1v) is 4.77. The van der Waals surface area contributed by atoms with Crippen LogP contribution in [0.4, 0.5) is 13.2 Å². The first kappa shape index (κ1) is 11.7. The van der Waals surface area contributed by atoms with Crippen LogP contribution in [0.1, 0.15) is 5.56 Å². The fraction of sp³-hybridized carbons (Fsp3) is 0.250. The molecule has 0 fully saturated rings. The van der Waals surface area contributed by atoms with Crippen molar-refractivity contribution in [1.82, 2.24) is 0 Å². The Bertz CT molecular complexity index is 327. The Labute approximate surface area is 87.9 Å². The van der Waals surface area contributed by atoms with Crippen LogP contribution in [0.15, 0.2) is 23.1 Å². The molecule has 1 nitrogen and oxygen atoms in total. The van der Waals surface area contributed by atoms with Crippen LogP contribution in [0, 0.1) is 0 Å². The Morgan fingerprint density at radius 1 is 1.36 bits per heavy atom. The molecule has 6 heteroatoms. The van der Waals surface area contributed by atoms with Crippen LogP contribution >= 0.6 is 23.4 Å². The number of halogens is 4. The molecule has 0 atom stereocenters. The first-order valence-electron chi connectivity index (χ1n) is 3.57. The molecule has 0 heterocycles. The molecule has 1 aromatic carbocycles. The van der Waals surface area contributed by atoms with E-state index >= 15 is 0 Å². The second-order valence-corrected chi connectivity index (χ2v) is 4.00. The lowest BCUT2D eigenvalue weighted by Crippen LogP contribution is -2.01. The Hall–Kier alpha value is -0.390. The van der Waals surface area contributed by atoms with Crippen molar-refractivity contribution in [3.63, 3.8) is 0 Å². The van der Waals surface area contributed by atoms with E-state index < -0.39 is 12.1 Å². The summed E-state index contributed by atoms with van der Waals surface area (Å²) in [5.74, 6) is 0. The molecule has 1 rings (SSSR count). The number of aliphatic hydroxyl groups is 1. The maximum Gasteiger partial charge on any atom is 0.446 e. The smallest absolute Gasteiger partial charge is 0.392 e. The van der Waals surface area contributed by atoms with Gasteiger partial charge in [0.05, 0.1) is 6.61 Å². The van der Waals surface area contributed by atoms with Crippen LogP contribution < -0.4 is 0 Å². The SMILES string of the molecule is OCc1ccc(Cl)cc1SC(F)(F)F. The molecule has 1 N–H and O–H groups in total. The molecule has 0 radical (unpaired) electrons. The summed E-state index contributed by atoms with van der Waals surface area (Å²) in [6.45, 7) is -0.435. The molecule has 0 bridgehead atoms. The number of hydrogen-bond acceptors (Lipinski definition) is 2. The molecular weight excluding hydrogens is 237 g/mol. The normalized spacial score (nSPS) is 11.8. The maximum absolute atomic E-state index is 12.0. The van der Waals surface area contributed by atoms with Gasteiger partial charge in [0.1, 0.15) is 0 Å². The van der Waals surface area contributed by atoms with Gasteiger partial charge < -0.3 is 5.11 Å². The monoisotopic (exact) mass is 242 g/mol. The van der Waals surface area contributed by atoms with Gasteiger partial charge in [-0.15, -0.1) is 0 Å². The maximum atomic E-state index is 12.0. The van der Waals surface area contributed by atoms with Gasteiger partial charge in [0.25, 0.3) is 0 Å². The van der Waals surface area contributed by atoms with Crippen LogP contribution in [0.5, 0.6) is 0 Å². The third kappa shape index (κ3) is 3.40. The van der Waals surface area contributed by atoms with Gasteiger partial charge in [-0.2, -0.15) is 13.2 Å². The second kappa shape index (κ2) is 4.42. The molecule has 0 aromatic heterocycles. The van der Waals surface area contributed by atoms with E-state index in [1.54, 1.807) is 0 Å². The van der Waals surface area contributed by atoms with Crippen LogP contribution in [0.3, 0.4) is 0 Å². The Morgan fingerprint density at radius 2 is 2.00 bits per heavy atom. The fourth-order valence-electron chi connectivity index (χ4n) is 0.879. The van der Waals surface area contributed by atoms with Gasteiger partial charge in [-0.25, -0.2) is 0 Å². The zero-order valence-corrected chi connectivity index (χ0v) is 8.38. The topological polar surface area (TPSA) is 20.2 Å². The molecule has 78 valence electrons. The van der Waals surface area contributed by atoms with E-state index in [1.807, 2.05) is 0 Å². The Kier molecular flexibility index (Phi) is 3.69. The summed E-state index contributed by atoms with van der Waals surface area (Å²) >= 11 is 5.26. The van der Waals surface area contributed by atoms with Gasteiger partial charge >= 0.3 is 5.51 Å². The lowest BCUT2D eigenvalue weighted by molar-refractivity contribution is -0.0328. The zero-order chi connectivity index (χ0) is 10.8. The van der Waals surface area contributed by atoms with Crippen molar-refractivity contribution in [1.29, 1.82) is 0 Å². The van der Waals surface area contributed by atoms with E-state index in [0.29, 0.717) is 0 Å². The average Bonchev–Trinajstić information content (AvgIpc) is 2.01. The summed E-state index contributed by atoms with van der Waals surface area (Å²) < 4.78 is 36.1. The highest BCUT2D eigenvalue weighted by Gasteiger charge is 2.30. The summed E-state index contributed by atoms with van der Waals surface area (Å²) in [6, 6.07) is 4.00. The van der Waals surface area contributed by atoms with E-state index in [1.165, 1.54) is 18.2 Å². The summed E-state index contributed by atoms with van der Waals surface area (Å²) in [7, 11) is 0. The summed E-state index contributed by atoms with van der Waals surface area (Å²) in [5, 5.41) is 9.00. The zero-order valence-electron chi connectivity index (χ0n) is 6.81. The molecular formula is C8H6ClF3OS. The molecule has 0 saturated carbocycles. The van der Waals surface area contributed by atoms with Gasteiger partial charge in [0, 0.05) is 9.92 Å².